The van der Waals surface area contributed by atoms with Gasteiger partial charge in [0.2, 0.25) is 5.91 Å². The van der Waals surface area contributed by atoms with Crippen LogP contribution in [0.15, 0.2) is 36.5 Å². The molecule has 3 rings (SSSR count). The fourth-order valence-electron chi connectivity index (χ4n) is 3.18. The maximum absolute atomic E-state index is 12.5. The first-order valence-corrected chi connectivity index (χ1v) is 9.18. The molecule has 0 aliphatic carbocycles. The maximum Gasteiger partial charge on any atom is 0.273 e. The highest BCUT2D eigenvalue weighted by Gasteiger charge is 2.23. The fourth-order valence-corrected chi connectivity index (χ4v) is 3.18. The molecule has 0 spiro atoms. The minimum atomic E-state index is -0.245. The van der Waals surface area contributed by atoms with Gasteiger partial charge >= 0.3 is 0 Å². The van der Waals surface area contributed by atoms with E-state index in [-0.39, 0.29) is 30.1 Å². The van der Waals surface area contributed by atoms with Gasteiger partial charge < -0.3 is 10.2 Å². The number of benzene rings is 1. The minimum Gasteiger partial charge on any atom is -0.347 e. The number of aromatic nitrogens is 3. The van der Waals surface area contributed by atoms with Crippen LogP contribution >= 0.6 is 0 Å². The molecule has 1 saturated heterocycles. The van der Waals surface area contributed by atoms with E-state index in [0.717, 1.165) is 32.5 Å². The molecular formula is C19H26N6O2. The predicted molar refractivity (Wildman–Crippen MR) is 101 cm³/mol. The van der Waals surface area contributed by atoms with Crippen LogP contribution < -0.4 is 5.32 Å². The van der Waals surface area contributed by atoms with E-state index in [9.17, 15) is 9.59 Å². The summed E-state index contributed by atoms with van der Waals surface area (Å²) in [4.78, 5) is 28.0. The Bertz CT molecular complexity index is 774. The van der Waals surface area contributed by atoms with Crippen molar-refractivity contribution >= 4 is 11.8 Å². The van der Waals surface area contributed by atoms with Crippen molar-refractivity contribution in [2.75, 3.05) is 27.2 Å². The highest BCUT2D eigenvalue weighted by atomic mass is 16.2. The Morgan fingerprint density at radius 2 is 2.04 bits per heavy atom. The molecule has 0 radical (unpaired) electrons. The van der Waals surface area contributed by atoms with Crippen LogP contribution in [0.3, 0.4) is 0 Å². The second-order valence-electron chi connectivity index (χ2n) is 7.12. The molecule has 1 fully saturated rings. The number of likely N-dealkylation sites (N-methyl/N-ethyl adjacent to an activating group) is 1. The van der Waals surface area contributed by atoms with Crippen LogP contribution in [0, 0.1) is 0 Å². The molecule has 1 aromatic carbocycles. The van der Waals surface area contributed by atoms with Gasteiger partial charge in [-0.15, -0.1) is 5.10 Å². The lowest BCUT2D eigenvalue weighted by Crippen LogP contribution is -2.47. The first-order chi connectivity index (χ1) is 13.0. The molecule has 2 amide bonds. The van der Waals surface area contributed by atoms with Crippen molar-refractivity contribution in [2.45, 2.75) is 32.0 Å². The predicted octanol–water partition coefficient (Wildman–Crippen LogP) is 0.761. The van der Waals surface area contributed by atoms with Crippen molar-refractivity contribution in [2.24, 2.45) is 0 Å². The second kappa shape index (κ2) is 8.77. The molecule has 0 bridgehead atoms. The van der Waals surface area contributed by atoms with Gasteiger partial charge in [-0.05, 0) is 24.9 Å². The molecule has 1 aliphatic rings. The van der Waals surface area contributed by atoms with Crippen molar-refractivity contribution in [3.05, 3.63) is 47.8 Å². The summed E-state index contributed by atoms with van der Waals surface area (Å²) in [5.41, 5.74) is 1.51. The first kappa shape index (κ1) is 19.0. The number of piperidine rings is 1. The lowest BCUT2D eigenvalue weighted by atomic mass is 10.0. The zero-order valence-electron chi connectivity index (χ0n) is 15.8. The minimum absolute atomic E-state index is 0.0710. The number of likely N-dealkylation sites (tertiary alicyclic amines) is 1. The van der Waals surface area contributed by atoms with E-state index >= 15 is 0 Å². The van der Waals surface area contributed by atoms with Gasteiger partial charge in [0.25, 0.3) is 5.91 Å². The van der Waals surface area contributed by atoms with E-state index in [1.165, 1.54) is 21.3 Å². The highest BCUT2D eigenvalue weighted by molar-refractivity contribution is 5.92. The quantitative estimate of drug-likeness (QED) is 0.812. The molecule has 27 heavy (non-hydrogen) atoms. The van der Waals surface area contributed by atoms with Gasteiger partial charge in [0, 0.05) is 33.2 Å². The summed E-state index contributed by atoms with van der Waals surface area (Å²) < 4.78 is 1.39. The second-order valence-corrected chi connectivity index (χ2v) is 7.12. The molecule has 1 unspecified atom stereocenters. The number of nitrogens with one attached hydrogen (secondary N) is 1. The number of rotatable bonds is 6. The summed E-state index contributed by atoms with van der Waals surface area (Å²) in [6.07, 6.45) is 3.51. The Morgan fingerprint density at radius 1 is 1.26 bits per heavy atom. The van der Waals surface area contributed by atoms with E-state index in [1.54, 1.807) is 14.1 Å². The topological polar surface area (TPSA) is 83.4 Å². The number of nitrogens with zero attached hydrogens (tertiary/aromatic N) is 5. The van der Waals surface area contributed by atoms with Gasteiger partial charge in [-0.3, -0.25) is 14.5 Å². The monoisotopic (exact) mass is 370 g/mol. The van der Waals surface area contributed by atoms with Crippen LogP contribution in [0.5, 0.6) is 0 Å². The Morgan fingerprint density at radius 3 is 2.78 bits per heavy atom. The summed E-state index contributed by atoms with van der Waals surface area (Å²) in [7, 11) is 3.36. The van der Waals surface area contributed by atoms with E-state index in [2.05, 4.69) is 32.7 Å². The molecule has 2 aromatic rings. The van der Waals surface area contributed by atoms with Gasteiger partial charge in [0.05, 0.1) is 6.20 Å². The normalized spacial score (nSPS) is 17.5. The van der Waals surface area contributed by atoms with E-state index in [1.807, 2.05) is 18.2 Å². The van der Waals surface area contributed by atoms with Crippen LogP contribution in [0.2, 0.25) is 0 Å². The van der Waals surface area contributed by atoms with Crippen molar-refractivity contribution in [1.29, 1.82) is 0 Å². The molecule has 8 nitrogen and oxygen atoms in total. The van der Waals surface area contributed by atoms with Crippen LogP contribution in [0.4, 0.5) is 0 Å². The van der Waals surface area contributed by atoms with Gasteiger partial charge in [-0.1, -0.05) is 35.5 Å². The van der Waals surface area contributed by atoms with Crippen molar-refractivity contribution in [3.63, 3.8) is 0 Å². The molecule has 1 N–H and O–H groups in total. The van der Waals surface area contributed by atoms with Gasteiger partial charge in [-0.2, -0.15) is 0 Å². The summed E-state index contributed by atoms with van der Waals surface area (Å²) in [6.45, 7) is 2.80. The molecule has 1 aromatic heterocycles. The Hall–Kier alpha value is -2.74. The fraction of sp³-hybridized carbons (Fsp3) is 0.474. The largest absolute Gasteiger partial charge is 0.347 e. The average molecular weight is 370 g/mol. The summed E-state index contributed by atoms with van der Waals surface area (Å²) in [6, 6.07) is 10.4. The maximum atomic E-state index is 12.5. The van der Waals surface area contributed by atoms with Gasteiger partial charge in [0.1, 0.15) is 6.54 Å². The molecule has 144 valence electrons. The van der Waals surface area contributed by atoms with Gasteiger partial charge in [-0.25, -0.2) is 4.68 Å². The molecule has 0 saturated carbocycles. The molecule has 2 heterocycles. The smallest absolute Gasteiger partial charge is 0.273 e. The molecule has 1 atom stereocenters. The van der Waals surface area contributed by atoms with Crippen LogP contribution in [-0.4, -0.2) is 69.8 Å². The Balaban J connectivity index is 1.53. The van der Waals surface area contributed by atoms with Crippen LogP contribution in [-0.2, 0) is 17.9 Å². The van der Waals surface area contributed by atoms with Crippen molar-refractivity contribution < 1.29 is 9.59 Å². The number of carbonyl (C=O) groups is 2. The standard InChI is InChI=1S/C19H26N6O2/c1-23(2)18(26)14-25-13-17(21-22-25)19(27)20-16-9-6-10-24(12-16)11-15-7-4-3-5-8-15/h3-5,7-8,13,16H,6,9-12,14H2,1-2H3,(H,20,27). The molecule has 8 heteroatoms. The van der Waals surface area contributed by atoms with E-state index in [0.29, 0.717) is 0 Å². The Kier molecular flexibility index (Phi) is 6.18. The lowest BCUT2D eigenvalue weighted by Gasteiger charge is -2.33. The number of carbonyl (C=O) groups excluding carboxylic acids is 2. The number of amides is 2. The van der Waals surface area contributed by atoms with Crippen LogP contribution in [0.1, 0.15) is 28.9 Å². The summed E-state index contributed by atoms with van der Waals surface area (Å²) in [5.74, 6) is -0.346. The molecular weight excluding hydrogens is 344 g/mol. The number of hydrogen-bond donors (Lipinski definition) is 1. The van der Waals surface area contributed by atoms with Gasteiger partial charge in [0.15, 0.2) is 5.69 Å². The third kappa shape index (κ3) is 5.37. The Labute approximate surface area is 159 Å². The third-order valence-electron chi connectivity index (χ3n) is 4.66. The van der Waals surface area contributed by atoms with Crippen LogP contribution in [0.25, 0.3) is 0 Å². The average Bonchev–Trinajstić information content (AvgIpc) is 3.11. The first-order valence-electron chi connectivity index (χ1n) is 9.18. The zero-order valence-corrected chi connectivity index (χ0v) is 15.8. The van der Waals surface area contributed by atoms with Crippen molar-refractivity contribution in [1.82, 2.24) is 30.1 Å². The third-order valence-corrected chi connectivity index (χ3v) is 4.66. The SMILES string of the molecule is CN(C)C(=O)Cn1cc(C(=O)NC2CCCN(Cc3ccccc3)C2)nn1. The van der Waals surface area contributed by atoms with E-state index < -0.39 is 0 Å². The highest BCUT2D eigenvalue weighted by Crippen LogP contribution is 2.14. The van der Waals surface area contributed by atoms with Crippen molar-refractivity contribution in [3.8, 4) is 0 Å². The zero-order chi connectivity index (χ0) is 19.2. The summed E-state index contributed by atoms with van der Waals surface area (Å²) >= 11 is 0. The number of hydrogen-bond acceptors (Lipinski definition) is 5. The lowest BCUT2D eigenvalue weighted by molar-refractivity contribution is -0.129. The van der Waals surface area contributed by atoms with E-state index in [4.69, 9.17) is 0 Å². The summed E-state index contributed by atoms with van der Waals surface area (Å²) in [5, 5.41) is 10.8. The molecule has 1 aliphatic heterocycles.